The van der Waals surface area contributed by atoms with Crippen molar-refractivity contribution in [3.8, 4) is 17.2 Å². The number of nitrogens with zero attached hydrogens (tertiary/aromatic N) is 2. The predicted molar refractivity (Wildman–Crippen MR) is 131 cm³/mol. The average Bonchev–Trinajstić information content (AvgIpc) is 2.86. The van der Waals surface area contributed by atoms with E-state index in [1.54, 1.807) is 32.4 Å². The largest absolute Gasteiger partial charge is 0.493 e. The number of amides is 1. The molecule has 1 amide bonds. The van der Waals surface area contributed by atoms with Crippen LogP contribution in [0.15, 0.2) is 41.5 Å². The average molecular weight is 491 g/mol. The van der Waals surface area contributed by atoms with Crippen LogP contribution in [0.3, 0.4) is 0 Å². The molecule has 0 N–H and O–H groups in total. The fourth-order valence-electron chi connectivity index (χ4n) is 3.48. The zero-order valence-corrected chi connectivity index (χ0v) is 20.6. The van der Waals surface area contributed by atoms with Crippen molar-refractivity contribution in [3.05, 3.63) is 52.5 Å². The molecule has 0 unspecified atom stereocenters. The van der Waals surface area contributed by atoms with E-state index in [9.17, 15) is 4.79 Å². The number of methoxy groups -OCH3 is 2. The van der Waals surface area contributed by atoms with Gasteiger partial charge in [0, 0.05) is 19.2 Å². The van der Waals surface area contributed by atoms with Crippen LogP contribution in [0, 0.1) is 0 Å². The lowest BCUT2D eigenvalue weighted by Gasteiger charge is -2.24. The lowest BCUT2D eigenvalue weighted by molar-refractivity contribution is 0.0544. The summed E-state index contributed by atoms with van der Waals surface area (Å²) in [6.45, 7) is 4.81. The fourth-order valence-corrected chi connectivity index (χ4v) is 3.73. The van der Waals surface area contributed by atoms with Crippen molar-refractivity contribution in [2.75, 3.05) is 53.8 Å². The number of carbonyl (C=O) groups excluding carboxylic acids is 1. The van der Waals surface area contributed by atoms with Crippen LogP contribution in [0.25, 0.3) is 0 Å². The van der Waals surface area contributed by atoms with Gasteiger partial charge in [-0.2, -0.15) is 5.10 Å². The Hall–Kier alpha value is -2.81. The van der Waals surface area contributed by atoms with E-state index >= 15 is 0 Å². The third-order valence-electron chi connectivity index (χ3n) is 5.16. The molecule has 34 heavy (non-hydrogen) atoms. The summed E-state index contributed by atoms with van der Waals surface area (Å²) < 4.78 is 27.0. The van der Waals surface area contributed by atoms with Crippen molar-refractivity contribution in [2.45, 2.75) is 19.8 Å². The first-order chi connectivity index (χ1) is 16.6. The molecule has 9 heteroatoms. The maximum absolute atomic E-state index is 13.2. The molecule has 2 aromatic carbocycles. The van der Waals surface area contributed by atoms with Crippen molar-refractivity contribution in [1.82, 2.24) is 5.01 Å². The standard InChI is InChI=1S/C25H31ClN2O6/c1-4-33-24-16-18(7-10-23(24)31-3)22-6-5-11-28(27-22)25(29)20-9-8-19(17-21(20)26)34-15-14-32-13-12-30-2/h7-10,16-17H,4-6,11-15H2,1-3H3. The molecule has 1 aliphatic rings. The van der Waals surface area contributed by atoms with Gasteiger partial charge in [0.2, 0.25) is 0 Å². The Balaban J connectivity index is 1.68. The second-order valence-electron chi connectivity index (χ2n) is 7.47. The first-order valence-electron chi connectivity index (χ1n) is 11.3. The molecular weight excluding hydrogens is 460 g/mol. The van der Waals surface area contributed by atoms with Crippen molar-refractivity contribution in [3.63, 3.8) is 0 Å². The molecule has 184 valence electrons. The molecule has 8 nitrogen and oxygen atoms in total. The zero-order valence-electron chi connectivity index (χ0n) is 19.8. The van der Waals surface area contributed by atoms with Crippen LogP contribution in [-0.4, -0.2) is 70.4 Å². The summed E-state index contributed by atoms with van der Waals surface area (Å²) in [7, 11) is 3.23. The number of hydrazone groups is 1. The first kappa shape index (κ1) is 25.8. The molecule has 0 aromatic heterocycles. The monoisotopic (exact) mass is 490 g/mol. The number of ether oxygens (including phenoxy) is 5. The number of halogens is 1. The fraction of sp³-hybridized carbons (Fsp3) is 0.440. The minimum Gasteiger partial charge on any atom is -0.493 e. The Labute approximate surface area is 205 Å². The minimum atomic E-state index is -0.254. The smallest absolute Gasteiger partial charge is 0.275 e. The molecule has 3 rings (SSSR count). The summed E-state index contributed by atoms with van der Waals surface area (Å²) in [4.78, 5) is 13.2. The van der Waals surface area contributed by atoms with Gasteiger partial charge in [0.15, 0.2) is 11.5 Å². The van der Waals surface area contributed by atoms with Gasteiger partial charge in [-0.3, -0.25) is 4.79 Å². The normalized spacial score (nSPS) is 13.4. The highest BCUT2D eigenvalue weighted by Gasteiger charge is 2.23. The zero-order chi connectivity index (χ0) is 24.3. The van der Waals surface area contributed by atoms with Crippen molar-refractivity contribution in [2.24, 2.45) is 5.10 Å². The van der Waals surface area contributed by atoms with Gasteiger partial charge in [0.1, 0.15) is 12.4 Å². The van der Waals surface area contributed by atoms with Gasteiger partial charge in [-0.25, -0.2) is 5.01 Å². The van der Waals surface area contributed by atoms with Gasteiger partial charge in [0.25, 0.3) is 5.91 Å². The number of carbonyl (C=O) groups is 1. The molecule has 0 saturated carbocycles. The maximum Gasteiger partial charge on any atom is 0.275 e. The lowest BCUT2D eigenvalue weighted by atomic mass is 10.0. The van der Waals surface area contributed by atoms with Crippen molar-refractivity contribution in [1.29, 1.82) is 0 Å². The van der Waals surface area contributed by atoms with Crippen LogP contribution in [0.4, 0.5) is 0 Å². The Kier molecular flexibility index (Phi) is 10.00. The molecule has 0 radical (unpaired) electrons. The van der Waals surface area contributed by atoms with Crippen LogP contribution in [0.5, 0.6) is 17.2 Å². The molecule has 1 aliphatic heterocycles. The van der Waals surface area contributed by atoms with Crippen molar-refractivity contribution < 1.29 is 28.5 Å². The number of rotatable bonds is 12. The van der Waals surface area contributed by atoms with E-state index in [0.29, 0.717) is 67.4 Å². The van der Waals surface area contributed by atoms with E-state index in [4.69, 9.17) is 35.3 Å². The Morgan fingerprint density at radius 2 is 1.85 bits per heavy atom. The SMILES string of the molecule is CCOc1cc(C2=NN(C(=O)c3ccc(OCCOCCOC)cc3Cl)CCC2)ccc1OC. The summed E-state index contributed by atoms with van der Waals surface area (Å²) in [6, 6.07) is 10.7. The molecule has 2 aromatic rings. The van der Waals surface area contributed by atoms with Gasteiger partial charge >= 0.3 is 0 Å². The summed E-state index contributed by atoms with van der Waals surface area (Å²) >= 11 is 6.41. The quantitative estimate of drug-likeness (QED) is 0.409. The molecule has 0 aliphatic carbocycles. The van der Waals surface area contributed by atoms with E-state index in [2.05, 4.69) is 5.10 Å². The summed E-state index contributed by atoms with van der Waals surface area (Å²) in [6.07, 6.45) is 1.55. The van der Waals surface area contributed by atoms with E-state index < -0.39 is 0 Å². The van der Waals surface area contributed by atoms with Gasteiger partial charge in [-0.1, -0.05) is 11.6 Å². The van der Waals surface area contributed by atoms with Gasteiger partial charge in [0.05, 0.1) is 49.8 Å². The third-order valence-corrected chi connectivity index (χ3v) is 5.47. The Morgan fingerprint density at radius 3 is 2.59 bits per heavy atom. The van der Waals surface area contributed by atoms with E-state index in [0.717, 1.165) is 24.1 Å². The predicted octanol–water partition coefficient (Wildman–Crippen LogP) is 4.43. The number of hydrogen-bond donors (Lipinski definition) is 0. The van der Waals surface area contributed by atoms with Crippen LogP contribution >= 0.6 is 11.6 Å². The number of hydrogen-bond acceptors (Lipinski definition) is 7. The first-order valence-corrected chi connectivity index (χ1v) is 11.6. The molecule has 1 heterocycles. The van der Waals surface area contributed by atoms with Crippen LogP contribution in [-0.2, 0) is 9.47 Å². The highest BCUT2D eigenvalue weighted by Crippen LogP contribution is 2.30. The highest BCUT2D eigenvalue weighted by molar-refractivity contribution is 6.34. The van der Waals surface area contributed by atoms with E-state index in [1.807, 2.05) is 25.1 Å². The van der Waals surface area contributed by atoms with Crippen molar-refractivity contribution >= 4 is 23.2 Å². The molecule has 0 atom stereocenters. The molecule has 0 bridgehead atoms. The van der Waals surface area contributed by atoms with Gasteiger partial charge in [-0.05, 0) is 56.2 Å². The second kappa shape index (κ2) is 13.2. The van der Waals surface area contributed by atoms with Gasteiger partial charge in [-0.15, -0.1) is 0 Å². The van der Waals surface area contributed by atoms with E-state index in [-0.39, 0.29) is 5.91 Å². The molecule has 0 fully saturated rings. The van der Waals surface area contributed by atoms with Crippen LogP contribution in [0.2, 0.25) is 5.02 Å². The summed E-state index contributed by atoms with van der Waals surface area (Å²) in [5.74, 6) is 1.62. The Morgan fingerprint density at radius 1 is 1.03 bits per heavy atom. The number of benzene rings is 2. The maximum atomic E-state index is 13.2. The second-order valence-corrected chi connectivity index (χ2v) is 7.88. The van der Waals surface area contributed by atoms with Crippen LogP contribution < -0.4 is 14.2 Å². The summed E-state index contributed by atoms with van der Waals surface area (Å²) in [5, 5.41) is 6.40. The topological polar surface area (TPSA) is 78.8 Å². The lowest BCUT2D eigenvalue weighted by Crippen LogP contribution is -2.32. The van der Waals surface area contributed by atoms with Gasteiger partial charge < -0.3 is 23.7 Å². The molecule has 0 saturated heterocycles. The minimum absolute atomic E-state index is 0.254. The third kappa shape index (κ3) is 6.85. The van der Waals surface area contributed by atoms with E-state index in [1.165, 1.54) is 5.01 Å². The molecule has 0 spiro atoms. The summed E-state index contributed by atoms with van der Waals surface area (Å²) in [5.41, 5.74) is 2.08. The van der Waals surface area contributed by atoms with Crippen LogP contribution in [0.1, 0.15) is 35.7 Å². The molecular formula is C25H31ClN2O6. The highest BCUT2D eigenvalue weighted by atomic mass is 35.5. The Bertz CT molecular complexity index is 997.